The van der Waals surface area contributed by atoms with Gasteiger partial charge in [-0.15, -0.1) is 0 Å². The summed E-state index contributed by atoms with van der Waals surface area (Å²) in [6, 6.07) is 8.72. The second kappa shape index (κ2) is 20.4. The first-order valence-electron chi connectivity index (χ1n) is 20.8. The van der Waals surface area contributed by atoms with Crippen LogP contribution in [0.1, 0.15) is 40.0 Å². The maximum atomic E-state index is 16.4. The number of carbonyl (C=O) groups excluding carboxylic acids is 6. The van der Waals surface area contributed by atoms with Gasteiger partial charge in [0.2, 0.25) is 29.6 Å². The fourth-order valence-electron chi connectivity index (χ4n) is 7.80. The molecule has 2 fully saturated rings. The maximum absolute atomic E-state index is 16.4. The van der Waals surface area contributed by atoms with Gasteiger partial charge in [0.15, 0.2) is 5.82 Å². The van der Waals surface area contributed by atoms with E-state index in [1.807, 2.05) is 4.90 Å². The van der Waals surface area contributed by atoms with Gasteiger partial charge in [-0.2, -0.15) is 4.98 Å². The number of ether oxygens (including phenoxy) is 2. The molecule has 4 aromatic rings. The molecule has 21 heteroatoms. The van der Waals surface area contributed by atoms with Crippen molar-refractivity contribution in [2.45, 2.75) is 25.3 Å². The first-order valence-corrected chi connectivity index (χ1v) is 21.2. The number of carbonyl (C=O) groups is 6. The van der Waals surface area contributed by atoms with Crippen molar-refractivity contribution in [2.75, 3.05) is 94.8 Å². The van der Waals surface area contributed by atoms with Crippen LogP contribution in [-0.4, -0.2) is 151 Å². The number of piperazine rings is 1. The van der Waals surface area contributed by atoms with E-state index in [1.165, 1.54) is 35.2 Å². The number of nitrogens with zero attached hydrogens (tertiary/aromatic N) is 6. The van der Waals surface area contributed by atoms with Crippen LogP contribution in [0.15, 0.2) is 55.1 Å². The predicted octanol–water partition coefficient (Wildman–Crippen LogP) is 3.58. The Balaban J connectivity index is 0.875. The van der Waals surface area contributed by atoms with E-state index in [4.69, 9.17) is 21.1 Å². The smallest absolute Gasteiger partial charge is 0.264 e. The number of amides is 6. The minimum Gasteiger partial charge on any atom is -0.507 e. The van der Waals surface area contributed by atoms with Crippen LogP contribution in [0, 0.1) is 11.6 Å². The number of hydrogen-bond acceptors (Lipinski definition) is 14. The minimum absolute atomic E-state index is 0.0105. The zero-order valence-corrected chi connectivity index (χ0v) is 36.1. The van der Waals surface area contributed by atoms with Crippen LogP contribution < -0.4 is 20.9 Å². The molecule has 4 heterocycles. The highest BCUT2D eigenvalue weighted by Gasteiger charge is 2.45. The number of likely N-dealkylation sites (N-methyl/N-ethyl adjacent to an activating group) is 1. The third-order valence-electron chi connectivity index (χ3n) is 11.2. The quantitative estimate of drug-likeness (QED) is 0.0638. The first-order chi connectivity index (χ1) is 31.3. The molecular weight excluding hydrogens is 872 g/mol. The number of halogens is 3. The Morgan fingerprint density at radius 3 is 2.42 bits per heavy atom. The van der Waals surface area contributed by atoms with Gasteiger partial charge in [-0.25, -0.2) is 13.8 Å². The monoisotopic (exact) mass is 917 g/mol. The number of fused-ring (bicyclic) bond motifs is 2. The Hall–Kier alpha value is -6.77. The zero-order valence-electron chi connectivity index (χ0n) is 35.3. The van der Waals surface area contributed by atoms with Crippen molar-refractivity contribution < 1.29 is 52.1 Å². The molecule has 0 saturated carbocycles. The lowest BCUT2D eigenvalue weighted by atomic mass is 10.0. The summed E-state index contributed by atoms with van der Waals surface area (Å²) in [5, 5.41) is 18.8. The van der Waals surface area contributed by atoms with E-state index in [0.717, 1.165) is 11.0 Å². The molecule has 0 radical (unpaired) electrons. The first kappa shape index (κ1) is 46.2. The van der Waals surface area contributed by atoms with E-state index in [-0.39, 0.29) is 109 Å². The summed E-state index contributed by atoms with van der Waals surface area (Å²) >= 11 is 6.55. The summed E-state index contributed by atoms with van der Waals surface area (Å²) in [7, 11) is 1.62. The van der Waals surface area contributed by atoms with E-state index in [0.29, 0.717) is 44.2 Å². The number of aromatic hydroxyl groups is 1. The van der Waals surface area contributed by atoms with Gasteiger partial charge in [-0.1, -0.05) is 30.3 Å². The van der Waals surface area contributed by atoms with Crippen molar-refractivity contribution in [1.82, 2.24) is 30.0 Å². The molecule has 0 aliphatic carbocycles. The fraction of sp³-hybridized carbons (Fsp3) is 0.364. The van der Waals surface area contributed by atoms with Crippen LogP contribution in [0.2, 0.25) is 5.02 Å². The number of benzene rings is 3. The highest BCUT2D eigenvalue weighted by Crippen LogP contribution is 2.42. The van der Waals surface area contributed by atoms with Gasteiger partial charge in [-0.3, -0.25) is 39.0 Å². The van der Waals surface area contributed by atoms with Gasteiger partial charge >= 0.3 is 0 Å². The number of anilines is 3. The van der Waals surface area contributed by atoms with Crippen LogP contribution in [0.4, 0.5) is 26.2 Å². The molecule has 4 N–H and O–H groups in total. The van der Waals surface area contributed by atoms with Gasteiger partial charge in [0.1, 0.15) is 28.9 Å². The van der Waals surface area contributed by atoms with Gasteiger partial charge < -0.3 is 39.9 Å². The van der Waals surface area contributed by atoms with E-state index in [1.54, 1.807) is 24.1 Å². The van der Waals surface area contributed by atoms with Crippen LogP contribution in [-0.2, 0) is 28.7 Å². The maximum Gasteiger partial charge on any atom is 0.264 e. The molecule has 3 aliphatic heterocycles. The van der Waals surface area contributed by atoms with Crippen LogP contribution >= 0.6 is 11.6 Å². The lowest BCUT2D eigenvalue weighted by Gasteiger charge is -2.35. The number of rotatable bonds is 18. The second-order valence-corrected chi connectivity index (χ2v) is 15.7. The Morgan fingerprint density at radius 1 is 0.954 bits per heavy atom. The normalized spacial score (nSPS) is 16.2. The van der Waals surface area contributed by atoms with Crippen LogP contribution in [0.5, 0.6) is 5.75 Å². The molecule has 2 saturated heterocycles. The molecule has 18 nitrogen and oxygen atoms in total. The molecule has 0 unspecified atom stereocenters. The van der Waals surface area contributed by atoms with Crippen molar-refractivity contribution in [3.8, 4) is 16.9 Å². The summed E-state index contributed by atoms with van der Waals surface area (Å²) in [5.74, 6) is -4.87. The number of imide groups is 2. The molecule has 342 valence electrons. The summed E-state index contributed by atoms with van der Waals surface area (Å²) in [4.78, 5) is 90.5. The number of piperidine rings is 1. The van der Waals surface area contributed by atoms with E-state index in [9.17, 15) is 38.3 Å². The number of hydrogen-bond donors (Lipinski definition) is 4. The Bertz CT molecular complexity index is 2540. The lowest BCUT2D eigenvalue weighted by Crippen LogP contribution is -2.54. The third-order valence-corrected chi connectivity index (χ3v) is 11.5. The Kier molecular flexibility index (Phi) is 14.5. The molecular formula is C44H46ClF2N9O9. The number of phenols is 1. The largest absolute Gasteiger partial charge is 0.507 e. The van der Waals surface area contributed by atoms with Gasteiger partial charge in [0.05, 0.1) is 48.1 Å². The lowest BCUT2D eigenvalue weighted by molar-refractivity contribution is -0.136. The molecule has 7 rings (SSSR count). The SMILES string of the molecule is C=CC(=O)N1CCN(c2nc(NCCC(=O)N(C)CCOCCOCCNc3cccc4c3C(=O)N([C@@H]3CCC(=O)NC3=O)C4=O)nc3c(F)c(-c4c(O)cccc4F)c(Cl)cc23)CC1. The summed E-state index contributed by atoms with van der Waals surface area (Å²) < 4.78 is 42.7. The van der Waals surface area contributed by atoms with Crippen LogP contribution in [0.25, 0.3) is 22.0 Å². The average Bonchev–Trinajstić information content (AvgIpc) is 3.55. The molecule has 3 aromatic carbocycles. The minimum atomic E-state index is -1.06. The molecule has 1 atom stereocenters. The molecule has 0 bridgehead atoms. The van der Waals surface area contributed by atoms with Crippen molar-refractivity contribution in [3.05, 3.63) is 82.9 Å². The van der Waals surface area contributed by atoms with Crippen molar-refractivity contribution in [1.29, 1.82) is 0 Å². The highest BCUT2D eigenvalue weighted by molar-refractivity contribution is 6.34. The van der Waals surface area contributed by atoms with E-state index < -0.39 is 52.6 Å². The number of nitrogens with one attached hydrogen (secondary N) is 3. The standard InChI is InChI=1S/C44H46ClF2N9O9/c1-3-33(59)54-15-17-55(18-16-54)40-26-24-27(45)36(37-28(46)7-5-9-31(37)57)38(47)39(26)51-44(52-40)49-13-12-34(60)53(2)19-21-65-23-22-64-20-14-48-29-8-4-6-25-35(29)43(63)56(42(25)62)30-10-11-32(58)50-41(30)61/h3-9,24,30,48,57H,1,10-23H2,2H3,(H,49,51,52)(H,50,58,61)/t30-/m1/s1. The zero-order chi connectivity index (χ0) is 46.4. The highest BCUT2D eigenvalue weighted by atomic mass is 35.5. The van der Waals surface area contributed by atoms with Gasteiger partial charge in [-0.05, 0) is 42.8 Å². The van der Waals surface area contributed by atoms with Crippen molar-refractivity contribution in [3.63, 3.8) is 0 Å². The van der Waals surface area contributed by atoms with Gasteiger partial charge in [0, 0.05) is 82.3 Å². The molecule has 0 spiro atoms. The van der Waals surface area contributed by atoms with E-state index >= 15 is 4.39 Å². The fourth-order valence-corrected chi connectivity index (χ4v) is 8.08. The van der Waals surface area contributed by atoms with Gasteiger partial charge in [0.25, 0.3) is 11.8 Å². The molecule has 3 aliphatic rings. The summed E-state index contributed by atoms with van der Waals surface area (Å²) in [6.45, 7) is 6.49. The van der Waals surface area contributed by atoms with E-state index in [2.05, 4.69) is 32.5 Å². The molecule has 6 amide bonds. The molecule has 65 heavy (non-hydrogen) atoms. The topological polar surface area (TPSA) is 216 Å². The van der Waals surface area contributed by atoms with Crippen molar-refractivity contribution in [2.24, 2.45) is 0 Å². The summed E-state index contributed by atoms with van der Waals surface area (Å²) in [6.07, 6.45) is 1.33. The predicted molar refractivity (Wildman–Crippen MR) is 235 cm³/mol. The third kappa shape index (κ3) is 9.98. The van der Waals surface area contributed by atoms with Crippen LogP contribution in [0.3, 0.4) is 0 Å². The molecule has 1 aromatic heterocycles. The summed E-state index contributed by atoms with van der Waals surface area (Å²) in [5.41, 5.74) is -0.254. The average molecular weight is 918 g/mol. The Morgan fingerprint density at radius 2 is 1.69 bits per heavy atom. The Labute approximate surface area is 376 Å². The number of phenolic OH excluding ortho intramolecular Hbond substituents is 1. The van der Waals surface area contributed by atoms with Crippen molar-refractivity contribution >= 4 is 75.4 Å². The number of aromatic nitrogens is 2. The second-order valence-electron chi connectivity index (χ2n) is 15.3.